The molecular formula is C27H38N2O5S. The van der Waals surface area contributed by atoms with Crippen molar-refractivity contribution in [2.24, 2.45) is 5.92 Å². The molecule has 1 fully saturated rings. The van der Waals surface area contributed by atoms with Gasteiger partial charge in [-0.15, -0.1) is 0 Å². The third-order valence-electron chi connectivity index (χ3n) is 5.48. The topological polar surface area (TPSA) is 80.3 Å². The minimum absolute atomic E-state index is 0.130. The maximum Gasteiger partial charge on any atom is 0.279 e. The Kier molecular flexibility index (Phi) is 12.0. The molecule has 8 heteroatoms. The second-order valence-electron chi connectivity index (χ2n) is 8.63. The second kappa shape index (κ2) is 14.7. The average Bonchev–Trinajstić information content (AvgIpc) is 2.86. The number of allylic oxidation sites excluding steroid dienone is 7. The van der Waals surface area contributed by atoms with Crippen LogP contribution in [0.2, 0.25) is 0 Å². The van der Waals surface area contributed by atoms with Gasteiger partial charge in [0.1, 0.15) is 11.7 Å². The lowest BCUT2D eigenvalue weighted by atomic mass is 10.1. The first-order valence-corrected chi connectivity index (χ1v) is 12.6. The number of benzene rings is 1. The van der Waals surface area contributed by atoms with Crippen LogP contribution >= 0.6 is 11.9 Å². The van der Waals surface area contributed by atoms with Crippen LogP contribution in [-0.4, -0.2) is 48.8 Å². The molecule has 0 bridgehead atoms. The monoisotopic (exact) mass is 502 g/mol. The summed E-state index contributed by atoms with van der Waals surface area (Å²) in [7, 11) is 2.97. The van der Waals surface area contributed by atoms with E-state index in [1.54, 1.807) is 17.6 Å². The predicted octanol–water partition coefficient (Wildman–Crippen LogP) is 5.93. The molecule has 1 saturated heterocycles. The zero-order chi connectivity index (χ0) is 25.8. The first kappa shape index (κ1) is 28.6. The van der Waals surface area contributed by atoms with Crippen LogP contribution in [0.15, 0.2) is 65.3 Å². The molecule has 1 amide bonds. The molecular weight excluding hydrogens is 464 g/mol. The highest BCUT2D eigenvalue weighted by Crippen LogP contribution is 2.39. The predicted molar refractivity (Wildman–Crippen MR) is 141 cm³/mol. The van der Waals surface area contributed by atoms with E-state index in [4.69, 9.17) is 14.2 Å². The van der Waals surface area contributed by atoms with Gasteiger partial charge in [0.2, 0.25) is 0 Å². The smallest absolute Gasteiger partial charge is 0.279 e. The van der Waals surface area contributed by atoms with Gasteiger partial charge in [-0.1, -0.05) is 44.7 Å². The number of carbonyl (C=O) groups excluding carboxylic acids is 1. The Morgan fingerprint density at radius 1 is 1.26 bits per heavy atom. The van der Waals surface area contributed by atoms with Gasteiger partial charge >= 0.3 is 0 Å². The number of piperidine rings is 1. The number of nitrogens with zero attached hydrogens (tertiary/aromatic N) is 1. The molecule has 1 heterocycles. The van der Waals surface area contributed by atoms with Gasteiger partial charge in [-0.2, -0.15) is 0 Å². The molecule has 0 radical (unpaired) electrons. The summed E-state index contributed by atoms with van der Waals surface area (Å²) in [6.07, 6.45) is 13.0. The zero-order valence-electron chi connectivity index (χ0n) is 21.4. The number of hydrogen-bond donors (Lipinski definition) is 2. The van der Waals surface area contributed by atoms with Crippen LogP contribution in [0, 0.1) is 5.92 Å². The molecule has 2 rings (SSSR count). The van der Waals surface area contributed by atoms with E-state index in [-0.39, 0.29) is 17.4 Å². The highest BCUT2D eigenvalue weighted by atomic mass is 32.2. The number of ether oxygens (including phenoxy) is 3. The minimum Gasteiger partial charge on any atom is -0.495 e. The number of hydroxylamine groups is 1. The summed E-state index contributed by atoms with van der Waals surface area (Å²) >= 11 is 1.46. The van der Waals surface area contributed by atoms with E-state index in [2.05, 4.69) is 36.9 Å². The molecule has 1 aromatic rings. The molecule has 192 valence electrons. The SMILES string of the molecule is C=CC(/C=C/CC(C)C)=C\C=C(/C)OC1CCN(Sc2ccc(OC)c(OC)c2C(=O)NO)CC1. The molecule has 0 spiro atoms. The first-order valence-electron chi connectivity index (χ1n) is 11.8. The minimum atomic E-state index is -0.645. The molecule has 2 N–H and O–H groups in total. The van der Waals surface area contributed by atoms with Gasteiger partial charge in [-0.25, -0.2) is 9.79 Å². The van der Waals surface area contributed by atoms with E-state index < -0.39 is 5.91 Å². The molecule has 0 aromatic heterocycles. The van der Waals surface area contributed by atoms with E-state index in [0.29, 0.717) is 16.6 Å². The normalized spacial score (nSPS) is 16.0. The lowest BCUT2D eigenvalue weighted by molar-refractivity contribution is 0.0696. The lowest BCUT2D eigenvalue weighted by Crippen LogP contribution is -2.33. The van der Waals surface area contributed by atoms with E-state index in [1.807, 2.05) is 25.2 Å². The molecule has 0 unspecified atom stereocenters. The molecule has 7 nitrogen and oxygen atoms in total. The van der Waals surface area contributed by atoms with Crippen LogP contribution in [0.1, 0.15) is 50.4 Å². The Bertz CT molecular complexity index is 947. The lowest BCUT2D eigenvalue weighted by Gasteiger charge is -2.31. The van der Waals surface area contributed by atoms with Gasteiger partial charge in [-0.3, -0.25) is 10.0 Å². The van der Waals surface area contributed by atoms with Gasteiger partial charge in [0, 0.05) is 18.0 Å². The van der Waals surface area contributed by atoms with Gasteiger partial charge < -0.3 is 14.2 Å². The van der Waals surface area contributed by atoms with Crippen molar-refractivity contribution >= 4 is 17.9 Å². The fraction of sp³-hybridized carbons (Fsp3) is 0.444. The summed E-state index contributed by atoms with van der Waals surface area (Å²) in [5.74, 6) is 1.57. The van der Waals surface area contributed by atoms with E-state index in [1.165, 1.54) is 26.2 Å². The van der Waals surface area contributed by atoms with Crippen molar-refractivity contribution < 1.29 is 24.2 Å². The first-order chi connectivity index (χ1) is 16.8. The van der Waals surface area contributed by atoms with Crippen molar-refractivity contribution in [1.82, 2.24) is 9.79 Å². The summed E-state index contributed by atoms with van der Waals surface area (Å²) < 4.78 is 19.0. The Balaban J connectivity index is 1.98. The summed E-state index contributed by atoms with van der Waals surface area (Å²) in [6, 6.07) is 3.55. The van der Waals surface area contributed by atoms with Crippen molar-refractivity contribution in [2.75, 3.05) is 27.3 Å². The van der Waals surface area contributed by atoms with Gasteiger partial charge in [-0.05, 0) is 67.8 Å². The van der Waals surface area contributed by atoms with Crippen molar-refractivity contribution in [3.8, 4) is 11.5 Å². The number of carbonyl (C=O) groups is 1. The quantitative estimate of drug-likeness (QED) is 0.121. The molecule has 0 aliphatic carbocycles. The van der Waals surface area contributed by atoms with Crippen LogP contribution < -0.4 is 15.0 Å². The third kappa shape index (κ3) is 8.80. The third-order valence-corrected chi connectivity index (χ3v) is 6.64. The molecule has 1 aliphatic rings. The summed E-state index contributed by atoms with van der Waals surface area (Å²) in [5, 5.41) is 9.23. The number of nitrogens with one attached hydrogen (secondary N) is 1. The molecule has 0 saturated carbocycles. The molecule has 0 atom stereocenters. The average molecular weight is 503 g/mol. The Labute approximate surface area is 213 Å². The largest absolute Gasteiger partial charge is 0.495 e. The maximum absolute atomic E-state index is 12.3. The Morgan fingerprint density at radius 2 is 1.97 bits per heavy atom. The van der Waals surface area contributed by atoms with Gasteiger partial charge in [0.25, 0.3) is 5.91 Å². The van der Waals surface area contributed by atoms with E-state index in [0.717, 1.165) is 43.7 Å². The Hall–Kier alpha value is -2.68. The number of rotatable bonds is 12. The molecule has 1 aliphatic heterocycles. The van der Waals surface area contributed by atoms with Crippen molar-refractivity contribution in [2.45, 2.75) is 51.0 Å². The van der Waals surface area contributed by atoms with Crippen LogP contribution in [0.25, 0.3) is 0 Å². The van der Waals surface area contributed by atoms with Crippen LogP contribution in [0.5, 0.6) is 11.5 Å². The Morgan fingerprint density at radius 3 is 2.54 bits per heavy atom. The van der Waals surface area contributed by atoms with Crippen molar-refractivity contribution in [3.05, 3.63) is 66.0 Å². The van der Waals surface area contributed by atoms with Gasteiger partial charge in [0.15, 0.2) is 11.5 Å². The van der Waals surface area contributed by atoms with E-state index in [9.17, 15) is 10.0 Å². The van der Waals surface area contributed by atoms with E-state index >= 15 is 0 Å². The van der Waals surface area contributed by atoms with Crippen molar-refractivity contribution in [1.29, 1.82) is 0 Å². The summed E-state index contributed by atoms with van der Waals surface area (Å²) in [6.45, 7) is 11.8. The zero-order valence-corrected chi connectivity index (χ0v) is 22.2. The highest BCUT2D eigenvalue weighted by molar-refractivity contribution is 7.97. The van der Waals surface area contributed by atoms with Crippen LogP contribution in [0.3, 0.4) is 0 Å². The van der Waals surface area contributed by atoms with Crippen LogP contribution in [-0.2, 0) is 4.74 Å². The summed E-state index contributed by atoms with van der Waals surface area (Å²) in [5.41, 5.74) is 3.00. The fourth-order valence-electron chi connectivity index (χ4n) is 3.62. The number of hydrogen-bond acceptors (Lipinski definition) is 7. The number of methoxy groups -OCH3 is 2. The highest BCUT2D eigenvalue weighted by Gasteiger charge is 2.26. The van der Waals surface area contributed by atoms with Gasteiger partial charge in [0.05, 0.1) is 20.0 Å². The second-order valence-corrected chi connectivity index (χ2v) is 9.77. The molecule has 1 aromatic carbocycles. The fourth-order valence-corrected chi connectivity index (χ4v) is 4.70. The number of amides is 1. The molecule has 35 heavy (non-hydrogen) atoms. The maximum atomic E-state index is 12.3. The summed E-state index contributed by atoms with van der Waals surface area (Å²) in [4.78, 5) is 13.0. The standard InChI is InChI=1S/C27H38N2O5S/c1-7-21(10-8-9-19(2)3)12-11-20(4)34-22-15-17-29(18-16-22)35-24-14-13-23(32-5)26(33-6)25(24)27(30)28-31/h7-8,10-14,19,22,31H,1,9,15-18H2,2-6H3,(H,28,30)/b10-8+,20-11+,21-12+. The van der Waals surface area contributed by atoms with Crippen LogP contribution in [0.4, 0.5) is 0 Å². The van der Waals surface area contributed by atoms with Crippen molar-refractivity contribution in [3.63, 3.8) is 0 Å².